The summed E-state index contributed by atoms with van der Waals surface area (Å²) in [6, 6.07) is 9.23. The standard InChI is InChI=1S/C19H19NO4/c1-2-23-11-10-16(21)24-18-14-9-8-13(12-14)17(18)19(22)20-15-6-4-3-5-7-15/h2-9,13-14H,1,10-12H2,(H,20,22). The third-order valence-electron chi connectivity index (χ3n) is 4.10. The Morgan fingerprint density at radius 3 is 2.71 bits per heavy atom. The summed E-state index contributed by atoms with van der Waals surface area (Å²) in [6.45, 7) is 3.63. The Morgan fingerprint density at radius 1 is 1.21 bits per heavy atom. The first-order valence-corrected chi connectivity index (χ1v) is 7.91. The molecule has 1 aromatic carbocycles. The maximum absolute atomic E-state index is 12.6. The van der Waals surface area contributed by atoms with Crippen molar-refractivity contribution in [3.63, 3.8) is 0 Å². The van der Waals surface area contributed by atoms with Gasteiger partial charge < -0.3 is 14.8 Å². The molecule has 0 fully saturated rings. The van der Waals surface area contributed by atoms with Gasteiger partial charge in [-0.25, -0.2) is 0 Å². The number of allylic oxidation sites excluding steroid dienone is 2. The fourth-order valence-electron chi connectivity index (χ4n) is 3.02. The zero-order valence-electron chi connectivity index (χ0n) is 13.2. The summed E-state index contributed by atoms with van der Waals surface area (Å²) in [5, 5.41) is 2.86. The Balaban J connectivity index is 1.72. The van der Waals surface area contributed by atoms with Gasteiger partial charge in [0.15, 0.2) is 0 Å². The molecule has 0 aliphatic heterocycles. The van der Waals surface area contributed by atoms with Crippen molar-refractivity contribution in [2.75, 3.05) is 11.9 Å². The van der Waals surface area contributed by atoms with Crippen LogP contribution in [0.25, 0.3) is 0 Å². The van der Waals surface area contributed by atoms with Crippen molar-refractivity contribution in [3.05, 3.63) is 66.7 Å². The van der Waals surface area contributed by atoms with Gasteiger partial charge in [0.25, 0.3) is 5.91 Å². The molecule has 2 aliphatic carbocycles. The molecular formula is C19H19NO4. The second kappa shape index (κ2) is 7.17. The first kappa shape index (κ1) is 16.1. The first-order valence-electron chi connectivity index (χ1n) is 7.91. The van der Waals surface area contributed by atoms with Crippen LogP contribution < -0.4 is 5.32 Å². The maximum Gasteiger partial charge on any atom is 0.314 e. The average Bonchev–Trinajstić information content (AvgIpc) is 3.17. The Kier molecular flexibility index (Phi) is 4.79. The smallest absolute Gasteiger partial charge is 0.314 e. The number of hydrogen-bond donors (Lipinski definition) is 1. The van der Waals surface area contributed by atoms with Crippen molar-refractivity contribution in [1.29, 1.82) is 0 Å². The van der Waals surface area contributed by atoms with Gasteiger partial charge in [-0.1, -0.05) is 36.9 Å². The number of fused-ring (bicyclic) bond motifs is 2. The summed E-state index contributed by atoms with van der Waals surface area (Å²) in [5.41, 5.74) is 1.26. The van der Waals surface area contributed by atoms with E-state index >= 15 is 0 Å². The largest absolute Gasteiger partial charge is 0.501 e. The Labute approximate surface area is 140 Å². The van der Waals surface area contributed by atoms with Crippen LogP contribution in [0.1, 0.15) is 12.8 Å². The minimum atomic E-state index is -0.405. The zero-order chi connectivity index (χ0) is 16.9. The van der Waals surface area contributed by atoms with Gasteiger partial charge >= 0.3 is 5.97 Å². The van der Waals surface area contributed by atoms with E-state index in [-0.39, 0.29) is 30.8 Å². The number of amides is 1. The lowest BCUT2D eigenvalue weighted by Crippen LogP contribution is -2.21. The van der Waals surface area contributed by atoms with Gasteiger partial charge in [-0.15, -0.1) is 0 Å². The quantitative estimate of drug-likeness (QED) is 0.362. The lowest BCUT2D eigenvalue weighted by molar-refractivity contribution is -0.140. The summed E-state index contributed by atoms with van der Waals surface area (Å²) in [7, 11) is 0. The minimum Gasteiger partial charge on any atom is -0.501 e. The minimum absolute atomic E-state index is 0.00389. The highest BCUT2D eigenvalue weighted by Crippen LogP contribution is 2.44. The van der Waals surface area contributed by atoms with Gasteiger partial charge in [-0.3, -0.25) is 9.59 Å². The molecule has 2 aliphatic rings. The molecule has 5 heteroatoms. The van der Waals surface area contributed by atoms with Crippen LogP contribution in [-0.4, -0.2) is 18.5 Å². The molecular weight excluding hydrogens is 306 g/mol. The molecule has 2 unspecified atom stereocenters. The van der Waals surface area contributed by atoms with Gasteiger partial charge in [0.1, 0.15) is 5.76 Å². The fraction of sp³-hybridized carbons (Fsp3) is 0.263. The average molecular weight is 325 g/mol. The monoisotopic (exact) mass is 325 g/mol. The van der Waals surface area contributed by atoms with E-state index < -0.39 is 5.97 Å². The van der Waals surface area contributed by atoms with Crippen molar-refractivity contribution >= 4 is 17.6 Å². The summed E-state index contributed by atoms with van der Waals surface area (Å²) in [6.07, 6.45) is 6.18. The summed E-state index contributed by atoms with van der Waals surface area (Å²) in [5.74, 6) is -0.151. The zero-order valence-corrected chi connectivity index (χ0v) is 13.2. The number of carbonyl (C=O) groups is 2. The molecule has 24 heavy (non-hydrogen) atoms. The van der Waals surface area contributed by atoms with Crippen LogP contribution in [0, 0.1) is 11.8 Å². The second-order valence-electron chi connectivity index (χ2n) is 5.69. The van der Waals surface area contributed by atoms with E-state index in [4.69, 9.17) is 9.47 Å². The number of nitrogens with one attached hydrogen (secondary N) is 1. The molecule has 124 valence electrons. The SMILES string of the molecule is C=COCCC(=O)OC1=C(C(=O)Nc2ccccc2)C2C=CC1C2. The van der Waals surface area contributed by atoms with Crippen LogP contribution in [0.5, 0.6) is 0 Å². The van der Waals surface area contributed by atoms with E-state index in [1.165, 1.54) is 6.26 Å². The van der Waals surface area contributed by atoms with Crippen molar-refractivity contribution in [2.45, 2.75) is 12.8 Å². The van der Waals surface area contributed by atoms with Gasteiger partial charge in [-0.05, 0) is 18.6 Å². The molecule has 0 heterocycles. The third kappa shape index (κ3) is 3.40. The Morgan fingerprint density at radius 2 is 1.96 bits per heavy atom. The Hall–Kier alpha value is -2.82. The van der Waals surface area contributed by atoms with E-state index in [0.29, 0.717) is 17.0 Å². The number of ether oxygens (including phenoxy) is 2. The van der Waals surface area contributed by atoms with Crippen LogP contribution in [0.4, 0.5) is 5.69 Å². The molecule has 3 rings (SSSR count). The molecule has 1 aromatic rings. The number of anilines is 1. The van der Waals surface area contributed by atoms with Gasteiger partial charge in [0, 0.05) is 17.5 Å². The number of esters is 1. The normalized spacial score (nSPS) is 20.8. The predicted molar refractivity (Wildman–Crippen MR) is 89.7 cm³/mol. The third-order valence-corrected chi connectivity index (χ3v) is 4.10. The molecule has 5 nitrogen and oxygen atoms in total. The first-order chi connectivity index (χ1) is 11.7. The van der Waals surface area contributed by atoms with Crippen molar-refractivity contribution in [3.8, 4) is 0 Å². The second-order valence-corrected chi connectivity index (χ2v) is 5.69. The van der Waals surface area contributed by atoms with E-state index in [0.717, 1.165) is 6.42 Å². The van der Waals surface area contributed by atoms with Gasteiger partial charge in [0.2, 0.25) is 0 Å². The van der Waals surface area contributed by atoms with Crippen LogP contribution in [-0.2, 0) is 19.1 Å². The molecule has 0 radical (unpaired) electrons. The van der Waals surface area contributed by atoms with Gasteiger partial charge in [0.05, 0.1) is 24.9 Å². The highest BCUT2D eigenvalue weighted by atomic mass is 16.5. The number of benzene rings is 1. The number of carbonyl (C=O) groups excluding carboxylic acids is 2. The lowest BCUT2D eigenvalue weighted by atomic mass is 10.0. The highest BCUT2D eigenvalue weighted by Gasteiger charge is 2.41. The van der Waals surface area contributed by atoms with Crippen LogP contribution in [0.15, 0.2) is 66.7 Å². The van der Waals surface area contributed by atoms with Crippen molar-refractivity contribution < 1.29 is 19.1 Å². The predicted octanol–water partition coefficient (Wildman–Crippen LogP) is 3.18. The summed E-state index contributed by atoms with van der Waals surface area (Å²) >= 11 is 0. The van der Waals surface area contributed by atoms with E-state index in [2.05, 4.69) is 11.9 Å². The molecule has 0 aromatic heterocycles. The molecule has 1 N–H and O–H groups in total. The van der Waals surface area contributed by atoms with Crippen molar-refractivity contribution in [2.24, 2.45) is 11.8 Å². The van der Waals surface area contributed by atoms with Crippen molar-refractivity contribution in [1.82, 2.24) is 0 Å². The molecule has 0 spiro atoms. The van der Waals surface area contributed by atoms with E-state index in [1.54, 1.807) is 0 Å². The fourth-order valence-corrected chi connectivity index (χ4v) is 3.02. The van der Waals surface area contributed by atoms with Crippen LogP contribution >= 0.6 is 0 Å². The van der Waals surface area contributed by atoms with Crippen LogP contribution in [0.3, 0.4) is 0 Å². The summed E-state index contributed by atoms with van der Waals surface area (Å²) in [4.78, 5) is 24.6. The van der Waals surface area contributed by atoms with E-state index in [9.17, 15) is 9.59 Å². The number of para-hydroxylation sites is 1. The molecule has 0 saturated heterocycles. The summed E-state index contributed by atoms with van der Waals surface area (Å²) < 4.78 is 10.4. The Bertz CT molecular complexity index is 705. The molecule has 2 bridgehead atoms. The lowest BCUT2D eigenvalue weighted by Gasteiger charge is -2.16. The number of rotatable bonds is 7. The molecule has 2 atom stereocenters. The van der Waals surface area contributed by atoms with Crippen LogP contribution in [0.2, 0.25) is 0 Å². The highest BCUT2D eigenvalue weighted by molar-refractivity contribution is 6.05. The maximum atomic E-state index is 12.6. The topological polar surface area (TPSA) is 64.6 Å². The van der Waals surface area contributed by atoms with E-state index in [1.807, 2.05) is 42.5 Å². The number of hydrogen-bond acceptors (Lipinski definition) is 4. The molecule has 1 amide bonds. The molecule has 0 saturated carbocycles. The van der Waals surface area contributed by atoms with Gasteiger partial charge in [-0.2, -0.15) is 0 Å².